The molecule has 0 saturated heterocycles. The minimum absolute atomic E-state index is 0.0482. The summed E-state index contributed by atoms with van der Waals surface area (Å²) in [6.07, 6.45) is 1.46. The second-order valence-electron chi connectivity index (χ2n) is 4.06. The molecule has 2 aromatic rings. The van der Waals surface area contributed by atoms with E-state index in [4.69, 9.17) is 14.3 Å². The Morgan fingerprint density at radius 2 is 1.95 bits per heavy atom. The van der Waals surface area contributed by atoms with Gasteiger partial charge in [-0.25, -0.2) is 17.9 Å². The lowest BCUT2D eigenvalue weighted by Gasteiger charge is -2.07. The van der Waals surface area contributed by atoms with E-state index in [-0.39, 0.29) is 17.2 Å². The van der Waals surface area contributed by atoms with Gasteiger partial charge in [0.25, 0.3) is 0 Å². The van der Waals surface area contributed by atoms with Crippen LogP contribution < -0.4 is 9.46 Å². The van der Waals surface area contributed by atoms with E-state index in [2.05, 4.69) is 4.72 Å². The molecule has 0 aliphatic rings. The molecule has 1 aromatic carbocycles. The van der Waals surface area contributed by atoms with Crippen LogP contribution in [0.15, 0.2) is 52.0 Å². The minimum atomic E-state index is -3.67. The van der Waals surface area contributed by atoms with Gasteiger partial charge in [0.1, 0.15) is 11.5 Å². The molecule has 21 heavy (non-hydrogen) atoms. The van der Waals surface area contributed by atoms with Gasteiger partial charge in [0.05, 0.1) is 17.7 Å². The lowest BCUT2D eigenvalue weighted by molar-refractivity contribution is -0.139. The summed E-state index contributed by atoms with van der Waals surface area (Å²) in [5.74, 6) is -0.325. The third-order valence-electron chi connectivity index (χ3n) is 2.51. The SMILES string of the molecule is O=C(O)COc1ccc(S(=O)(=O)NCc2ccco2)cc1. The fourth-order valence-corrected chi connectivity index (χ4v) is 2.52. The van der Waals surface area contributed by atoms with Crippen molar-refractivity contribution in [2.45, 2.75) is 11.4 Å². The third kappa shape index (κ3) is 4.33. The molecule has 1 aromatic heterocycles. The molecule has 0 fully saturated rings. The number of ether oxygens (including phenoxy) is 1. The maximum Gasteiger partial charge on any atom is 0.341 e. The van der Waals surface area contributed by atoms with E-state index in [1.54, 1.807) is 12.1 Å². The van der Waals surface area contributed by atoms with E-state index in [1.807, 2.05) is 0 Å². The fourth-order valence-electron chi connectivity index (χ4n) is 1.52. The van der Waals surface area contributed by atoms with E-state index >= 15 is 0 Å². The highest BCUT2D eigenvalue weighted by Crippen LogP contribution is 2.16. The van der Waals surface area contributed by atoms with E-state index < -0.39 is 22.6 Å². The smallest absolute Gasteiger partial charge is 0.341 e. The number of hydrogen-bond acceptors (Lipinski definition) is 5. The first kappa shape index (κ1) is 15.1. The van der Waals surface area contributed by atoms with E-state index in [9.17, 15) is 13.2 Å². The summed E-state index contributed by atoms with van der Waals surface area (Å²) in [5, 5.41) is 8.48. The second kappa shape index (κ2) is 6.42. The van der Waals surface area contributed by atoms with Gasteiger partial charge in [0.15, 0.2) is 6.61 Å². The average Bonchev–Trinajstić information content (AvgIpc) is 2.97. The quantitative estimate of drug-likeness (QED) is 0.796. The van der Waals surface area contributed by atoms with Crippen LogP contribution in [-0.4, -0.2) is 26.1 Å². The van der Waals surface area contributed by atoms with Gasteiger partial charge in [-0.05, 0) is 36.4 Å². The summed E-state index contributed by atoms with van der Waals surface area (Å²) in [7, 11) is -3.67. The first-order valence-electron chi connectivity index (χ1n) is 5.94. The number of hydrogen-bond donors (Lipinski definition) is 2. The molecule has 0 aliphatic carbocycles. The van der Waals surface area contributed by atoms with Crippen LogP contribution in [0.4, 0.5) is 0 Å². The maximum absolute atomic E-state index is 12.0. The third-order valence-corrected chi connectivity index (χ3v) is 3.93. The van der Waals surface area contributed by atoms with Crippen molar-refractivity contribution in [2.75, 3.05) is 6.61 Å². The van der Waals surface area contributed by atoms with Gasteiger partial charge in [0.2, 0.25) is 10.0 Å². The van der Waals surface area contributed by atoms with Gasteiger partial charge in [-0.15, -0.1) is 0 Å². The Morgan fingerprint density at radius 3 is 2.52 bits per heavy atom. The number of carbonyl (C=O) groups is 1. The lowest BCUT2D eigenvalue weighted by atomic mass is 10.3. The van der Waals surface area contributed by atoms with Crippen molar-refractivity contribution in [2.24, 2.45) is 0 Å². The average molecular weight is 311 g/mol. The molecule has 0 bridgehead atoms. The molecule has 2 rings (SSSR count). The van der Waals surface area contributed by atoms with Gasteiger partial charge < -0.3 is 14.3 Å². The van der Waals surface area contributed by atoms with Crippen molar-refractivity contribution < 1.29 is 27.5 Å². The van der Waals surface area contributed by atoms with Crippen molar-refractivity contribution in [1.29, 1.82) is 0 Å². The standard InChI is InChI=1S/C13H13NO6S/c15-13(16)9-20-10-3-5-12(6-4-10)21(17,18)14-8-11-2-1-7-19-11/h1-7,14H,8-9H2,(H,15,16). The Hall–Kier alpha value is -2.32. The monoisotopic (exact) mass is 311 g/mol. The topological polar surface area (TPSA) is 106 Å². The highest BCUT2D eigenvalue weighted by atomic mass is 32.2. The van der Waals surface area contributed by atoms with Crippen molar-refractivity contribution in [3.8, 4) is 5.75 Å². The van der Waals surface area contributed by atoms with Gasteiger partial charge in [-0.2, -0.15) is 0 Å². The largest absolute Gasteiger partial charge is 0.482 e. The number of nitrogens with one attached hydrogen (secondary N) is 1. The number of rotatable bonds is 7. The molecule has 1 heterocycles. The van der Waals surface area contributed by atoms with Crippen LogP contribution in [-0.2, 0) is 21.4 Å². The second-order valence-corrected chi connectivity index (χ2v) is 5.82. The van der Waals surface area contributed by atoms with Crippen LogP contribution in [0.25, 0.3) is 0 Å². The van der Waals surface area contributed by atoms with Crippen LogP contribution in [0.2, 0.25) is 0 Å². The van der Waals surface area contributed by atoms with Crippen molar-refractivity contribution >= 4 is 16.0 Å². The molecular formula is C13H13NO6S. The predicted octanol–water partition coefficient (Wildman–Crippen LogP) is 1.22. The zero-order valence-corrected chi connectivity index (χ0v) is 11.7. The molecule has 0 unspecified atom stereocenters. The minimum Gasteiger partial charge on any atom is -0.482 e. The predicted molar refractivity (Wildman–Crippen MR) is 72.3 cm³/mol. The Labute approximate surface area is 121 Å². The molecule has 8 heteroatoms. The highest BCUT2D eigenvalue weighted by molar-refractivity contribution is 7.89. The van der Waals surface area contributed by atoms with E-state index in [0.29, 0.717) is 5.76 Å². The van der Waals surface area contributed by atoms with Crippen molar-refractivity contribution in [1.82, 2.24) is 4.72 Å². The zero-order valence-electron chi connectivity index (χ0n) is 10.9. The molecule has 2 N–H and O–H groups in total. The number of furan rings is 1. The molecule has 0 radical (unpaired) electrons. The van der Waals surface area contributed by atoms with E-state index in [0.717, 1.165) is 0 Å². The number of carboxylic acids is 1. The van der Waals surface area contributed by atoms with Crippen LogP contribution in [0.5, 0.6) is 5.75 Å². The molecule has 0 atom stereocenters. The summed E-state index contributed by atoms with van der Waals surface area (Å²) in [5.41, 5.74) is 0. The highest BCUT2D eigenvalue weighted by Gasteiger charge is 2.14. The number of benzene rings is 1. The zero-order chi connectivity index (χ0) is 15.3. The molecule has 0 aliphatic heterocycles. The molecule has 112 valence electrons. The Bertz CT molecular complexity index is 691. The van der Waals surface area contributed by atoms with Crippen molar-refractivity contribution in [3.63, 3.8) is 0 Å². The molecule has 0 amide bonds. The van der Waals surface area contributed by atoms with Crippen LogP contribution >= 0.6 is 0 Å². The number of carboxylic acid groups (broad SMARTS) is 1. The van der Waals surface area contributed by atoms with E-state index in [1.165, 1.54) is 30.5 Å². The van der Waals surface area contributed by atoms with Crippen LogP contribution in [0.3, 0.4) is 0 Å². The fraction of sp³-hybridized carbons (Fsp3) is 0.154. The summed E-state index contributed by atoms with van der Waals surface area (Å²) in [6.45, 7) is -0.435. The summed E-state index contributed by atoms with van der Waals surface area (Å²) in [4.78, 5) is 10.4. The van der Waals surface area contributed by atoms with Crippen LogP contribution in [0, 0.1) is 0 Å². The molecule has 0 spiro atoms. The Balaban J connectivity index is 2.01. The molecule has 0 saturated carbocycles. The first-order chi connectivity index (χ1) is 9.97. The normalized spacial score (nSPS) is 11.2. The van der Waals surface area contributed by atoms with Gasteiger partial charge in [0, 0.05) is 0 Å². The van der Waals surface area contributed by atoms with Gasteiger partial charge in [-0.1, -0.05) is 0 Å². The molecular weight excluding hydrogens is 298 g/mol. The van der Waals surface area contributed by atoms with Crippen LogP contribution in [0.1, 0.15) is 5.76 Å². The van der Waals surface area contributed by atoms with Gasteiger partial charge in [-0.3, -0.25) is 0 Å². The molecule has 7 nitrogen and oxygen atoms in total. The maximum atomic E-state index is 12.0. The Kier molecular flexibility index (Phi) is 4.61. The Morgan fingerprint density at radius 1 is 1.24 bits per heavy atom. The summed E-state index contributed by atoms with van der Waals surface area (Å²) < 4.78 is 36.4. The lowest BCUT2D eigenvalue weighted by Crippen LogP contribution is -2.22. The number of sulfonamides is 1. The summed E-state index contributed by atoms with van der Waals surface area (Å²) in [6, 6.07) is 8.78. The number of aliphatic carboxylic acids is 1. The first-order valence-corrected chi connectivity index (χ1v) is 7.42. The summed E-state index contributed by atoms with van der Waals surface area (Å²) >= 11 is 0. The van der Waals surface area contributed by atoms with Gasteiger partial charge >= 0.3 is 5.97 Å². The van der Waals surface area contributed by atoms with Crippen molar-refractivity contribution in [3.05, 3.63) is 48.4 Å².